The lowest BCUT2D eigenvalue weighted by Gasteiger charge is -2.16. The number of hydrogen-bond donors (Lipinski definition) is 1. The third-order valence-electron chi connectivity index (χ3n) is 2.55. The van der Waals surface area contributed by atoms with E-state index in [-0.39, 0.29) is 6.54 Å². The molecule has 0 aliphatic heterocycles. The first-order valence-electron chi connectivity index (χ1n) is 6.00. The van der Waals surface area contributed by atoms with Crippen LogP contribution < -0.4 is 10.5 Å². The first-order chi connectivity index (χ1) is 8.61. The van der Waals surface area contributed by atoms with Gasteiger partial charge in [-0.25, -0.2) is 8.78 Å². The number of nitrogens with zero attached hydrogens (tertiary/aromatic N) is 1. The summed E-state index contributed by atoms with van der Waals surface area (Å²) in [5.41, 5.74) is 6.62. The summed E-state index contributed by atoms with van der Waals surface area (Å²) in [6.45, 7) is 1.28. The third-order valence-corrected chi connectivity index (χ3v) is 2.55. The molecule has 0 aliphatic carbocycles. The maximum Gasteiger partial charge on any atom is 0.251 e. The topological polar surface area (TPSA) is 38.5 Å². The van der Waals surface area contributed by atoms with Crippen LogP contribution in [0.25, 0.3) is 0 Å². The van der Waals surface area contributed by atoms with Crippen LogP contribution in [0.3, 0.4) is 0 Å². The molecule has 0 atom stereocenters. The van der Waals surface area contributed by atoms with Gasteiger partial charge in [-0.05, 0) is 37.7 Å². The minimum Gasteiger partial charge on any atom is -0.492 e. The average molecular weight is 258 g/mol. The van der Waals surface area contributed by atoms with Crippen molar-refractivity contribution in [3.8, 4) is 5.75 Å². The molecule has 0 amide bonds. The molecule has 0 heterocycles. The molecule has 102 valence electrons. The van der Waals surface area contributed by atoms with Crippen LogP contribution in [0.2, 0.25) is 0 Å². The Bertz CT molecular complexity index is 330. The Labute approximate surface area is 107 Å². The van der Waals surface area contributed by atoms with Crippen LogP contribution in [-0.2, 0) is 6.42 Å². The van der Waals surface area contributed by atoms with Gasteiger partial charge in [-0.1, -0.05) is 12.1 Å². The zero-order chi connectivity index (χ0) is 13.4. The van der Waals surface area contributed by atoms with Crippen molar-refractivity contribution in [3.63, 3.8) is 0 Å². The van der Waals surface area contributed by atoms with Gasteiger partial charge in [-0.3, -0.25) is 4.90 Å². The molecule has 5 heteroatoms. The van der Waals surface area contributed by atoms with Crippen molar-refractivity contribution in [1.82, 2.24) is 4.90 Å². The zero-order valence-corrected chi connectivity index (χ0v) is 10.6. The Morgan fingerprint density at radius 1 is 1.28 bits per heavy atom. The van der Waals surface area contributed by atoms with Gasteiger partial charge < -0.3 is 10.5 Å². The summed E-state index contributed by atoms with van der Waals surface area (Å²) >= 11 is 0. The van der Waals surface area contributed by atoms with Gasteiger partial charge in [0.1, 0.15) is 12.4 Å². The molecule has 2 N–H and O–H groups in total. The van der Waals surface area contributed by atoms with E-state index >= 15 is 0 Å². The molecule has 18 heavy (non-hydrogen) atoms. The standard InChI is InChI=1S/C13H20F2N2O/c1-17(10-13(14)15)8-9-18-12-4-2-11(3-5-12)6-7-16/h2-5,13H,6-10,16H2,1H3. The molecule has 0 saturated carbocycles. The summed E-state index contributed by atoms with van der Waals surface area (Å²) in [7, 11) is 1.65. The van der Waals surface area contributed by atoms with Crippen molar-refractivity contribution >= 4 is 0 Å². The molecule has 0 saturated heterocycles. The fourth-order valence-electron chi connectivity index (χ4n) is 1.57. The molecule has 3 nitrogen and oxygen atoms in total. The monoisotopic (exact) mass is 258 g/mol. The average Bonchev–Trinajstić information content (AvgIpc) is 2.31. The molecule has 0 aromatic heterocycles. The van der Waals surface area contributed by atoms with Crippen LogP contribution in [0, 0.1) is 0 Å². The molecular formula is C13H20F2N2O. The van der Waals surface area contributed by atoms with E-state index in [1.807, 2.05) is 24.3 Å². The van der Waals surface area contributed by atoms with Crippen molar-refractivity contribution in [1.29, 1.82) is 0 Å². The summed E-state index contributed by atoms with van der Waals surface area (Å²) in [4.78, 5) is 1.55. The number of rotatable bonds is 8. The third kappa shape index (κ3) is 5.93. The number of nitrogens with two attached hydrogens (primary N) is 1. The Hall–Kier alpha value is -1.20. The van der Waals surface area contributed by atoms with Crippen molar-refractivity contribution < 1.29 is 13.5 Å². The van der Waals surface area contributed by atoms with Crippen molar-refractivity contribution in [3.05, 3.63) is 29.8 Å². The second kappa shape index (κ2) is 8.00. The minimum absolute atomic E-state index is 0.223. The second-order valence-electron chi connectivity index (χ2n) is 4.18. The van der Waals surface area contributed by atoms with Gasteiger partial charge in [0.05, 0.1) is 6.54 Å². The van der Waals surface area contributed by atoms with Gasteiger partial charge in [0.15, 0.2) is 0 Å². The van der Waals surface area contributed by atoms with Crippen LogP contribution in [0.1, 0.15) is 5.56 Å². The molecule has 1 aromatic carbocycles. The number of hydrogen-bond acceptors (Lipinski definition) is 3. The predicted octanol–water partition coefficient (Wildman–Crippen LogP) is 1.76. The lowest BCUT2D eigenvalue weighted by Crippen LogP contribution is -2.28. The first-order valence-corrected chi connectivity index (χ1v) is 6.00. The molecule has 1 aromatic rings. The van der Waals surface area contributed by atoms with E-state index in [2.05, 4.69) is 0 Å². The van der Waals surface area contributed by atoms with Crippen molar-refractivity contribution in [2.24, 2.45) is 5.73 Å². The van der Waals surface area contributed by atoms with Gasteiger partial charge in [0.25, 0.3) is 6.43 Å². The Kier molecular flexibility index (Phi) is 6.60. The lowest BCUT2D eigenvalue weighted by molar-refractivity contribution is 0.0935. The number of alkyl halides is 2. The number of benzene rings is 1. The maximum absolute atomic E-state index is 12.1. The minimum atomic E-state index is -2.30. The van der Waals surface area contributed by atoms with E-state index < -0.39 is 6.43 Å². The van der Waals surface area contributed by atoms with Crippen LogP contribution in [0.15, 0.2) is 24.3 Å². The summed E-state index contributed by atoms with van der Waals surface area (Å²) in [6.07, 6.45) is -1.46. The summed E-state index contributed by atoms with van der Waals surface area (Å²) in [6, 6.07) is 7.67. The molecule has 0 spiro atoms. The molecular weight excluding hydrogens is 238 g/mol. The molecule has 1 rings (SSSR count). The number of ether oxygens (including phenoxy) is 1. The molecule has 0 radical (unpaired) electrons. The summed E-state index contributed by atoms with van der Waals surface area (Å²) < 4.78 is 29.6. The largest absolute Gasteiger partial charge is 0.492 e. The van der Waals surface area contributed by atoms with E-state index in [1.165, 1.54) is 5.56 Å². The van der Waals surface area contributed by atoms with E-state index in [1.54, 1.807) is 11.9 Å². The molecule has 0 fully saturated rings. The van der Waals surface area contributed by atoms with Gasteiger partial charge in [0.2, 0.25) is 0 Å². The van der Waals surface area contributed by atoms with Gasteiger partial charge in [-0.15, -0.1) is 0 Å². The Balaban J connectivity index is 2.26. The molecule has 0 bridgehead atoms. The Morgan fingerprint density at radius 2 is 1.94 bits per heavy atom. The van der Waals surface area contributed by atoms with Crippen LogP contribution in [0.4, 0.5) is 8.78 Å². The SMILES string of the molecule is CN(CCOc1ccc(CCN)cc1)CC(F)F. The maximum atomic E-state index is 12.1. The van der Waals surface area contributed by atoms with Crippen molar-refractivity contribution in [2.75, 3.05) is 33.3 Å². The smallest absolute Gasteiger partial charge is 0.251 e. The van der Waals surface area contributed by atoms with Crippen LogP contribution >= 0.6 is 0 Å². The quantitative estimate of drug-likeness (QED) is 0.772. The molecule has 0 aliphatic rings. The predicted molar refractivity (Wildman–Crippen MR) is 68.2 cm³/mol. The zero-order valence-electron chi connectivity index (χ0n) is 10.6. The van der Waals surface area contributed by atoms with E-state index in [0.717, 1.165) is 12.2 Å². The van der Waals surface area contributed by atoms with Crippen molar-refractivity contribution in [2.45, 2.75) is 12.8 Å². The van der Waals surface area contributed by atoms with E-state index in [0.29, 0.717) is 19.7 Å². The fraction of sp³-hybridized carbons (Fsp3) is 0.538. The van der Waals surface area contributed by atoms with E-state index in [9.17, 15) is 8.78 Å². The highest BCUT2D eigenvalue weighted by Gasteiger charge is 2.07. The Morgan fingerprint density at radius 3 is 2.50 bits per heavy atom. The van der Waals surface area contributed by atoms with Gasteiger partial charge in [0, 0.05) is 6.54 Å². The fourth-order valence-corrected chi connectivity index (χ4v) is 1.57. The van der Waals surface area contributed by atoms with Gasteiger partial charge in [-0.2, -0.15) is 0 Å². The molecule has 0 unspecified atom stereocenters. The summed E-state index contributed by atoms with van der Waals surface area (Å²) in [5.74, 6) is 0.751. The first kappa shape index (κ1) is 14.9. The van der Waals surface area contributed by atoms with Crippen LogP contribution in [-0.4, -0.2) is 44.6 Å². The summed E-state index contributed by atoms with van der Waals surface area (Å²) in [5, 5.41) is 0. The number of likely N-dealkylation sites (N-methyl/N-ethyl adjacent to an activating group) is 1. The highest BCUT2D eigenvalue weighted by Crippen LogP contribution is 2.12. The second-order valence-corrected chi connectivity index (χ2v) is 4.18. The number of halogens is 2. The van der Waals surface area contributed by atoms with Gasteiger partial charge >= 0.3 is 0 Å². The van der Waals surface area contributed by atoms with E-state index in [4.69, 9.17) is 10.5 Å². The highest BCUT2D eigenvalue weighted by molar-refractivity contribution is 5.27. The highest BCUT2D eigenvalue weighted by atomic mass is 19.3. The van der Waals surface area contributed by atoms with Crippen LogP contribution in [0.5, 0.6) is 5.75 Å². The lowest BCUT2D eigenvalue weighted by atomic mass is 10.1. The normalized spacial score (nSPS) is 11.2.